The molecule has 4 heteroatoms. The van der Waals surface area contributed by atoms with Gasteiger partial charge in [0.1, 0.15) is 0 Å². The zero-order valence-corrected chi connectivity index (χ0v) is 9.45. The molecule has 0 fully saturated rings. The Morgan fingerprint density at radius 3 is 2.79 bits per heavy atom. The van der Waals surface area contributed by atoms with E-state index in [2.05, 4.69) is 31.5 Å². The van der Waals surface area contributed by atoms with Crippen LogP contribution in [-0.4, -0.2) is 15.3 Å². The van der Waals surface area contributed by atoms with Crippen LogP contribution in [0.5, 0.6) is 0 Å². The molecule has 78 valence electrons. The second-order valence-electron chi connectivity index (χ2n) is 3.74. The Bertz CT molecular complexity index is 335. The molecule has 0 N–H and O–H groups in total. The van der Waals surface area contributed by atoms with Gasteiger partial charge in [-0.1, -0.05) is 13.8 Å². The molecule has 1 rings (SSSR count). The number of hydrogen-bond acceptors (Lipinski definition) is 3. The van der Waals surface area contributed by atoms with Crippen LogP contribution in [0.25, 0.3) is 0 Å². The standard InChI is InChI=1S/C10H16N2OS/c1-8(2)9(7-14)6-12-5-3-4-11-10(12)13/h3-5,8-9,14H,6-7H2,1-2H3. The van der Waals surface area contributed by atoms with Gasteiger partial charge < -0.3 is 0 Å². The van der Waals surface area contributed by atoms with Crippen molar-refractivity contribution in [3.05, 3.63) is 28.9 Å². The van der Waals surface area contributed by atoms with Gasteiger partial charge in [0.15, 0.2) is 0 Å². The van der Waals surface area contributed by atoms with Gasteiger partial charge in [0, 0.05) is 18.9 Å². The van der Waals surface area contributed by atoms with E-state index in [1.807, 2.05) is 0 Å². The summed E-state index contributed by atoms with van der Waals surface area (Å²) in [7, 11) is 0. The summed E-state index contributed by atoms with van der Waals surface area (Å²) in [4.78, 5) is 15.0. The molecular weight excluding hydrogens is 196 g/mol. The van der Waals surface area contributed by atoms with Crippen LogP contribution in [0.2, 0.25) is 0 Å². The van der Waals surface area contributed by atoms with Gasteiger partial charge in [-0.15, -0.1) is 0 Å². The maximum Gasteiger partial charge on any atom is 0.347 e. The Balaban J connectivity index is 2.77. The summed E-state index contributed by atoms with van der Waals surface area (Å²) >= 11 is 4.28. The molecule has 0 amide bonds. The van der Waals surface area contributed by atoms with Crippen LogP contribution < -0.4 is 5.69 Å². The third-order valence-electron chi connectivity index (χ3n) is 2.39. The highest BCUT2D eigenvalue weighted by Gasteiger charge is 2.12. The van der Waals surface area contributed by atoms with E-state index in [-0.39, 0.29) is 5.69 Å². The van der Waals surface area contributed by atoms with Gasteiger partial charge in [0.25, 0.3) is 0 Å². The third-order valence-corrected chi connectivity index (χ3v) is 2.86. The van der Waals surface area contributed by atoms with E-state index in [0.29, 0.717) is 18.4 Å². The highest BCUT2D eigenvalue weighted by Crippen LogP contribution is 2.13. The summed E-state index contributed by atoms with van der Waals surface area (Å²) in [5.74, 6) is 1.73. The largest absolute Gasteiger partial charge is 0.347 e. The molecule has 14 heavy (non-hydrogen) atoms. The molecule has 0 spiro atoms. The Morgan fingerprint density at radius 2 is 2.29 bits per heavy atom. The predicted molar refractivity (Wildman–Crippen MR) is 60.7 cm³/mol. The van der Waals surface area contributed by atoms with Crippen molar-refractivity contribution in [2.75, 3.05) is 5.75 Å². The molecule has 1 unspecified atom stereocenters. The minimum atomic E-state index is -0.181. The second-order valence-corrected chi connectivity index (χ2v) is 4.11. The van der Waals surface area contributed by atoms with E-state index in [1.54, 1.807) is 16.8 Å². The second kappa shape index (κ2) is 5.20. The third kappa shape index (κ3) is 2.87. The maximum atomic E-state index is 11.3. The van der Waals surface area contributed by atoms with E-state index in [4.69, 9.17) is 0 Å². The average Bonchev–Trinajstić information content (AvgIpc) is 2.16. The summed E-state index contributed by atoms with van der Waals surface area (Å²) < 4.78 is 1.64. The van der Waals surface area contributed by atoms with Gasteiger partial charge >= 0.3 is 5.69 Å². The topological polar surface area (TPSA) is 34.9 Å². The van der Waals surface area contributed by atoms with Gasteiger partial charge in [0.05, 0.1) is 0 Å². The molecule has 0 aliphatic carbocycles. The molecule has 0 bridgehead atoms. The first-order valence-corrected chi connectivity index (χ1v) is 5.40. The molecule has 1 aromatic heterocycles. The SMILES string of the molecule is CC(C)C(CS)Cn1cccnc1=O. The summed E-state index contributed by atoms with van der Waals surface area (Å²) in [6.45, 7) is 4.98. The number of aromatic nitrogens is 2. The summed E-state index contributed by atoms with van der Waals surface area (Å²) in [5, 5.41) is 0. The van der Waals surface area contributed by atoms with Crippen LogP contribution in [0.4, 0.5) is 0 Å². The quantitative estimate of drug-likeness (QED) is 0.767. The summed E-state index contributed by atoms with van der Waals surface area (Å²) in [6, 6.07) is 1.78. The highest BCUT2D eigenvalue weighted by atomic mass is 32.1. The number of nitrogens with zero attached hydrogens (tertiary/aromatic N) is 2. The van der Waals surface area contributed by atoms with Gasteiger partial charge in [0.2, 0.25) is 0 Å². The fraction of sp³-hybridized carbons (Fsp3) is 0.600. The molecule has 1 aromatic rings. The monoisotopic (exact) mass is 212 g/mol. The van der Waals surface area contributed by atoms with Crippen molar-refractivity contribution in [2.45, 2.75) is 20.4 Å². The Labute approximate surface area is 89.6 Å². The lowest BCUT2D eigenvalue weighted by Crippen LogP contribution is -2.27. The van der Waals surface area contributed by atoms with E-state index in [0.717, 1.165) is 5.75 Å². The van der Waals surface area contributed by atoms with Crippen molar-refractivity contribution in [1.29, 1.82) is 0 Å². The van der Waals surface area contributed by atoms with Gasteiger partial charge in [-0.05, 0) is 23.7 Å². The zero-order chi connectivity index (χ0) is 10.6. The van der Waals surface area contributed by atoms with E-state index >= 15 is 0 Å². The Kier molecular flexibility index (Phi) is 4.20. The fourth-order valence-corrected chi connectivity index (χ4v) is 1.80. The Hall–Kier alpha value is -0.770. The highest BCUT2D eigenvalue weighted by molar-refractivity contribution is 7.80. The van der Waals surface area contributed by atoms with Crippen molar-refractivity contribution < 1.29 is 0 Å². The summed E-state index contributed by atoms with van der Waals surface area (Å²) in [6.07, 6.45) is 3.29. The Morgan fingerprint density at radius 1 is 1.57 bits per heavy atom. The molecule has 1 heterocycles. The lowest BCUT2D eigenvalue weighted by molar-refractivity contribution is 0.365. The van der Waals surface area contributed by atoms with Gasteiger partial charge in [-0.25, -0.2) is 9.78 Å². The minimum Gasteiger partial charge on any atom is -0.299 e. The van der Waals surface area contributed by atoms with Crippen molar-refractivity contribution in [3.8, 4) is 0 Å². The minimum absolute atomic E-state index is 0.181. The molecule has 0 saturated carbocycles. The molecule has 0 aromatic carbocycles. The van der Waals surface area contributed by atoms with Gasteiger partial charge in [-0.3, -0.25) is 4.57 Å². The smallest absolute Gasteiger partial charge is 0.299 e. The van der Waals surface area contributed by atoms with Crippen LogP contribution in [0, 0.1) is 11.8 Å². The molecule has 0 aliphatic rings. The normalized spacial score (nSPS) is 13.1. The lowest BCUT2D eigenvalue weighted by Gasteiger charge is -2.18. The van der Waals surface area contributed by atoms with Crippen LogP contribution in [0.3, 0.4) is 0 Å². The van der Waals surface area contributed by atoms with Crippen LogP contribution in [0.1, 0.15) is 13.8 Å². The maximum absolute atomic E-state index is 11.3. The first kappa shape index (κ1) is 11.3. The molecule has 0 radical (unpaired) electrons. The summed E-state index contributed by atoms with van der Waals surface area (Å²) in [5.41, 5.74) is -0.181. The number of rotatable bonds is 4. The van der Waals surface area contributed by atoms with Crippen molar-refractivity contribution in [3.63, 3.8) is 0 Å². The average molecular weight is 212 g/mol. The predicted octanol–water partition coefficient (Wildman–Crippen LogP) is 1.45. The van der Waals surface area contributed by atoms with Crippen molar-refractivity contribution in [2.24, 2.45) is 11.8 Å². The number of thiol groups is 1. The van der Waals surface area contributed by atoms with Crippen molar-refractivity contribution in [1.82, 2.24) is 9.55 Å². The van der Waals surface area contributed by atoms with Crippen LogP contribution in [0.15, 0.2) is 23.3 Å². The van der Waals surface area contributed by atoms with Crippen molar-refractivity contribution >= 4 is 12.6 Å². The van der Waals surface area contributed by atoms with Crippen LogP contribution in [-0.2, 0) is 6.54 Å². The molecule has 0 aliphatic heterocycles. The number of hydrogen-bond donors (Lipinski definition) is 1. The molecular formula is C10H16N2OS. The first-order valence-electron chi connectivity index (χ1n) is 4.77. The molecule has 0 saturated heterocycles. The first-order chi connectivity index (χ1) is 6.65. The fourth-order valence-electron chi connectivity index (χ4n) is 1.26. The van der Waals surface area contributed by atoms with E-state index in [9.17, 15) is 4.79 Å². The lowest BCUT2D eigenvalue weighted by atomic mass is 9.98. The molecule has 3 nitrogen and oxygen atoms in total. The zero-order valence-electron chi connectivity index (χ0n) is 8.55. The van der Waals surface area contributed by atoms with E-state index in [1.165, 1.54) is 6.20 Å². The molecule has 1 atom stereocenters. The van der Waals surface area contributed by atoms with Gasteiger partial charge in [-0.2, -0.15) is 12.6 Å². The van der Waals surface area contributed by atoms with E-state index < -0.39 is 0 Å². The van der Waals surface area contributed by atoms with Crippen LogP contribution >= 0.6 is 12.6 Å².